The van der Waals surface area contributed by atoms with Gasteiger partial charge in [0.2, 0.25) is 23.8 Å². The monoisotopic (exact) mass is 646 g/mol. The minimum atomic E-state index is -4.76. The molecule has 8 N–H and O–H groups in total. The van der Waals surface area contributed by atoms with Crippen molar-refractivity contribution in [2.45, 2.75) is 9.79 Å². The van der Waals surface area contributed by atoms with E-state index >= 15 is 0 Å². The van der Waals surface area contributed by atoms with Gasteiger partial charge in [0.1, 0.15) is 22.4 Å². The van der Waals surface area contributed by atoms with Crippen molar-refractivity contribution in [1.29, 1.82) is 0 Å². The topological polar surface area (TPSA) is 275 Å². The number of aromatic nitrogens is 6. The molecule has 0 aliphatic carbocycles. The Morgan fingerprint density at radius 1 is 0.614 bits per heavy atom. The third-order valence-corrected chi connectivity index (χ3v) is 7.29. The predicted molar refractivity (Wildman–Crippen MR) is 159 cm³/mol. The summed E-state index contributed by atoms with van der Waals surface area (Å²) in [5.41, 5.74) is 0.374. The van der Waals surface area contributed by atoms with E-state index in [1.165, 1.54) is 49.1 Å². The van der Waals surface area contributed by atoms with E-state index in [1.807, 2.05) is 0 Å². The Balaban J connectivity index is 1.61. The summed E-state index contributed by atoms with van der Waals surface area (Å²) in [4.78, 5) is 22.8. The molecule has 0 radical (unpaired) electrons. The summed E-state index contributed by atoms with van der Waals surface area (Å²) in [6.07, 6.45) is 4.88. The molecule has 0 saturated heterocycles. The Kier molecular flexibility index (Phi) is 10.3. The molecule has 2 aromatic heterocycles. The Hall–Kier alpha value is -4.86. The Labute approximate surface area is 250 Å². The van der Waals surface area contributed by atoms with Crippen LogP contribution in [0.15, 0.2) is 58.8 Å². The van der Waals surface area contributed by atoms with E-state index in [0.717, 1.165) is 12.1 Å². The molecule has 18 nitrogen and oxygen atoms in total. The second-order valence-corrected chi connectivity index (χ2v) is 11.4. The van der Waals surface area contributed by atoms with Crippen LogP contribution in [0.5, 0.6) is 0 Å². The van der Waals surface area contributed by atoms with Gasteiger partial charge >= 0.3 is 0 Å². The summed E-state index contributed by atoms with van der Waals surface area (Å²) >= 11 is 0. The van der Waals surface area contributed by atoms with E-state index in [1.54, 1.807) is 0 Å². The lowest BCUT2D eigenvalue weighted by Crippen LogP contribution is -2.10. The van der Waals surface area contributed by atoms with Gasteiger partial charge < -0.3 is 31.5 Å². The third-order valence-electron chi connectivity index (χ3n) is 5.47. The summed E-state index contributed by atoms with van der Waals surface area (Å²) < 4.78 is 68.6. The number of hydrogen-bond donors (Lipinski definition) is 8. The number of nitrogens with zero attached hydrogens (tertiary/aromatic N) is 6. The van der Waals surface area contributed by atoms with Crippen molar-refractivity contribution >= 4 is 67.6 Å². The van der Waals surface area contributed by atoms with Crippen molar-refractivity contribution in [2.75, 3.05) is 47.6 Å². The number of hydrogen-bond acceptors (Lipinski definition) is 16. The van der Waals surface area contributed by atoms with E-state index in [-0.39, 0.29) is 72.6 Å². The van der Waals surface area contributed by atoms with Gasteiger partial charge in [-0.2, -0.15) is 26.8 Å². The molecule has 4 aromatic rings. The molecule has 0 atom stereocenters. The molecule has 44 heavy (non-hydrogen) atoms. The van der Waals surface area contributed by atoms with Crippen molar-refractivity contribution in [3.05, 3.63) is 60.2 Å². The fourth-order valence-corrected chi connectivity index (χ4v) is 5.02. The number of anilines is 6. The summed E-state index contributed by atoms with van der Waals surface area (Å²) in [5.74, 6) is 0.419. The van der Waals surface area contributed by atoms with Crippen LogP contribution in [0, 0.1) is 0 Å². The fourth-order valence-electron chi connectivity index (χ4n) is 3.60. The second kappa shape index (κ2) is 14.1. The molecule has 0 fully saturated rings. The highest BCUT2D eigenvalue weighted by molar-refractivity contribution is 7.86. The van der Waals surface area contributed by atoms with E-state index in [9.17, 15) is 25.9 Å². The molecule has 4 rings (SSSR count). The van der Waals surface area contributed by atoms with Gasteiger partial charge in [-0.3, -0.25) is 9.11 Å². The first-order chi connectivity index (χ1) is 21.0. The van der Waals surface area contributed by atoms with Crippen LogP contribution in [0.25, 0.3) is 12.2 Å². The van der Waals surface area contributed by atoms with Gasteiger partial charge in [-0.25, -0.2) is 19.9 Å². The molecule has 232 valence electrons. The van der Waals surface area contributed by atoms with Crippen LogP contribution in [-0.2, 0) is 20.2 Å². The van der Waals surface area contributed by atoms with Crippen LogP contribution in [-0.4, -0.2) is 92.4 Å². The van der Waals surface area contributed by atoms with Gasteiger partial charge in [0.15, 0.2) is 0 Å². The van der Waals surface area contributed by atoms with Crippen LogP contribution in [0.1, 0.15) is 11.1 Å². The summed E-state index contributed by atoms with van der Waals surface area (Å²) in [6.45, 7) is 0.0826. The number of rotatable bonds is 14. The first-order valence-electron chi connectivity index (χ1n) is 12.5. The molecule has 0 amide bonds. The van der Waals surface area contributed by atoms with Gasteiger partial charge in [-0.1, -0.05) is 24.3 Å². The lowest BCUT2D eigenvalue weighted by molar-refractivity contribution is 0.310. The minimum Gasteiger partial charge on any atom is -0.395 e. The van der Waals surface area contributed by atoms with Crippen molar-refractivity contribution in [3.8, 4) is 0 Å². The van der Waals surface area contributed by atoms with Crippen molar-refractivity contribution < 1.29 is 36.2 Å². The molecular formula is C24H26N10O8S2. The van der Waals surface area contributed by atoms with Crippen molar-refractivity contribution in [1.82, 2.24) is 29.9 Å². The Morgan fingerprint density at radius 3 is 1.36 bits per heavy atom. The van der Waals surface area contributed by atoms with Crippen LogP contribution < -0.4 is 21.3 Å². The second-order valence-electron chi connectivity index (χ2n) is 8.60. The number of nitrogens with one attached hydrogen (secondary N) is 4. The molecule has 0 bridgehead atoms. The largest absolute Gasteiger partial charge is 0.395 e. The van der Waals surface area contributed by atoms with Gasteiger partial charge in [-0.05, 0) is 35.4 Å². The summed E-state index contributed by atoms with van der Waals surface area (Å²) in [7, 11) is -9.52. The number of aliphatic hydroxyl groups excluding tert-OH is 2. The molecule has 2 heterocycles. The standard InChI is InChI=1S/C24H26N10O8S2/c35-9-7-25-21-27-13-29-23(33-21)31-17-5-3-15(19(11-17)43(37,38)39)1-2-16-4-6-18(12-20(16)44(40,41)42)32-24-30-14-28-22(34-24)26-8-10-36/h1-6,11-14,35-36H,7-10H2,(H,37,38,39)(H,40,41,42)(H2,25,27,29,31,33)(H2,26,28,30,32,34)/b2-1+. The quantitative estimate of drug-likeness (QED) is 0.0701. The van der Waals surface area contributed by atoms with Gasteiger partial charge in [0.25, 0.3) is 20.2 Å². The van der Waals surface area contributed by atoms with Crippen LogP contribution >= 0.6 is 0 Å². The lowest BCUT2D eigenvalue weighted by atomic mass is 10.1. The maximum atomic E-state index is 12.2. The van der Waals surface area contributed by atoms with Gasteiger partial charge in [0, 0.05) is 24.5 Å². The zero-order valence-corrected chi connectivity index (χ0v) is 24.2. The smallest absolute Gasteiger partial charge is 0.295 e. The molecular weight excluding hydrogens is 620 g/mol. The van der Waals surface area contributed by atoms with Crippen LogP contribution in [0.4, 0.5) is 35.2 Å². The zero-order chi connectivity index (χ0) is 31.7. The third kappa shape index (κ3) is 8.82. The van der Waals surface area contributed by atoms with Gasteiger partial charge in [0.05, 0.1) is 13.2 Å². The molecule has 20 heteroatoms. The van der Waals surface area contributed by atoms with E-state index < -0.39 is 30.0 Å². The first-order valence-corrected chi connectivity index (χ1v) is 15.4. The molecule has 0 unspecified atom stereocenters. The highest BCUT2D eigenvalue weighted by Crippen LogP contribution is 2.27. The highest BCUT2D eigenvalue weighted by atomic mass is 32.2. The van der Waals surface area contributed by atoms with Crippen molar-refractivity contribution in [2.24, 2.45) is 0 Å². The SMILES string of the molecule is O=S(=O)(O)c1cc(Nc2ncnc(NCCO)n2)ccc1/C=C/c1ccc(Nc2ncnc(NCCO)n2)cc1S(=O)(=O)O. The summed E-state index contributed by atoms with van der Waals surface area (Å²) in [6, 6.07) is 7.87. The fraction of sp³-hybridized carbons (Fsp3) is 0.167. The van der Waals surface area contributed by atoms with E-state index in [2.05, 4.69) is 51.2 Å². The average molecular weight is 647 g/mol. The molecule has 0 spiro atoms. The normalized spacial score (nSPS) is 11.8. The minimum absolute atomic E-state index is 0.00409. The molecule has 2 aromatic carbocycles. The number of benzene rings is 2. The Morgan fingerprint density at radius 2 is 1.00 bits per heavy atom. The number of aliphatic hydroxyl groups is 2. The molecule has 0 aliphatic heterocycles. The summed E-state index contributed by atoms with van der Waals surface area (Å²) in [5, 5.41) is 29.0. The highest BCUT2D eigenvalue weighted by Gasteiger charge is 2.18. The lowest BCUT2D eigenvalue weighted by Gasteiger charge is -2.11. The van der Waals surface area contributed by atoms with Crippen molar-refractivity contribution in [3.63, 3.8) is 0 Å². The predicted octanol–water partition coefficient (Wildman–Crippen LogP) is 1.02. The average Bonchev–Trinajstić information content (AvgIpc) is 2.98. The van der Waals surface area contributed by atoms with E-state index in [4.69, 9.17) is 10.2 Å². The van der Waals surface area contributed by atoms with Crippen LogP contribution in [0.3, 0.4) is 0 Å². The molecule has 0 saturated carbocycles. The maximum Gasteiger partial charge on any atom is 0.295 e. The first kappa shape index (κ1) is 32.1. The zero-order valence-electron chi connectivity index (χ0n) is 22.5. The van der Waals surface area contributed by atoms with E-state index in [0.29, 0.717) is 0 Å². The van der Waals surface area contributed by atoms with Crippen LogP contribution in [0.2, 0.25) is 0 Å². The maximum absolute atomic E-state index is 12.2. The van der Waals surface area contributed by atoms with Gasteiger partial charge in [-0.15, -0.1) is 0 Å². The molecule has 0 aliphatic rings. The Bertz CT molecular complexity index is 1740.